The largest absolute Gasteiger partial charge is 0.351 e. The summed E-state index contributed by atoms with van der Waals surface area (Å²) in [5.74, 6) is 0.0597. The highest BCUT2D eigenvalue weighted by atomic mass is 32.2. The Morgan fingerprint density at radius 2 is 2.33 bits per heavy atom. The van der Waals surface area contributed by atoms with Crippen molar-refractivity contribution in [2.45, 2.75) is 32.2 Å². The molecule has 8 heteroatoms. The number of hydrogen-bond acceptors (Lipinski definition) is 5. The van der Waals surface area contributed by atoms with Crippen LogP contribution in [0.5, 0.6) is 0 Å². The van der Waals surface area contributed by atoms with Crippen LogP contribution in [0.15, 0.2) is 23.6 Å². The van der Waals surface area contributed by atoms with E-state index < -0.39 is 9.84 Å². The predicted octanol–water partition coefficient (Wildman–Crippen LogP) is 2.50. The second-order valence-electron chi connectivity index (χ2n) is 6.00. The van der Waals surface area contributed by atoms with E-state index in [0.717, 1.165) is 23.4 Å². The fourth-order valence-electron chi connectivity index (χ4n) is 2.83. The first-order valence-corrected chi connectivity index (χ1v) is 10.8. The SMILES string of the molecule is CCCCNC(=O)c1cc(-c2cccs2)n([C@@H]2CCS(=O)(=O)C2)n1. The Morgan fingerprint density at radius 1 is 1.50 bits per heavy atom. The smallest absolute Gasteiger partial charge is 0.271 e. The van der Waals surface area contributed by atoms with Crippen LogP contribution in [0, 0.1) is 0 Å². The second kappa shape index (κ2) is 7.06. The lowest BCUT2D eigenvalue weighted by atomic mass is 10.2. The van der Waals surface area contributed by atoms with Gasteiger partial charge >= 0.3 is 0 Å². The number of rotatable bonds is 6. The number of unbranched alkanes of at least 4 members (excludes halogenated alkanes) is 1. The van der Waals surface area contributed by atoms with Crippen molar-refractivity contribution in [1.82, 2.24) is 15.1 Å². The fourth-order valence-corrected chi connectivity index (χ4v) is 5.26. The molecule has 2 aromatic rings. The maximum absolute atomic E-state index is 12.3. The molecule has 1 aliphatic rings. The van der Waals surface area contributed by atoms with E-state index in [0.29, 0.717) is 18.7 Å². The predicted molar refractivity (Wildman–Crippen MR) is 95.1 cm³/mol. The number of nitrogens with zero attached hydrogens (tertiary/aromatic N) is 2. The minimum Gasteiger partial charge on any atom is -0.351 e. The average Bonchev–Trinajstić information content (AvgIpc) is 3.24. The van der Waals surface area contributed by atoms with E-state index in [2.05, 4.69) is 17.3 Å². The molecule has 6 nitrogen and oxygen atoms in total. The van der Waals surface area contributed by atoms with Crippen LogP contribution >= 0.6 is 11.3 Å². The Kier molecular flexibility index (Phi) is 5.05. The summed E-state index contributed by atoms with van der Waals surface area (Å²) in [7, 11) is -3.02. The Labute approximate surface area is 145 Å². The fraction of sp³-hybridized carbons (Fsp3) is 0.500. The summed E-state index contributed by atoms with van der Waals surface area (Å²) in [5, 5.41) is 9.26. The number of thiophene rings is 1. The lowest BCUT2D eigenvalue weighted by Crippen LogP contribution is -2.25. The molecule has 0 radical (unpaired) electrons. The number of carbonyl (C=O) groups is 1. The zero-order valence-electron chi connectivity index (χ0n) is 13.6. The van der Waals surface area contributed by atoms with E-state index >= 15 is 0 Å². The third-order valence-corrected chi connectivity index (χ3v) is 6.75. The molecule has 0 aliphatic carbocycles. The number of amides is 1. The van der Waals surface area contributed by atoms with Crippen molar-refractivity contribution in [2.24, 2.45) is 0 Å². The summed E-state index contributed by atoms with van der Waals surface area (Å²) in [6.45, 7) is 2.69. The van der Waals surface area contributed by atoms with Crippen molar-refractivity contribution < 1.29 is 13.2 Å². The van der Waals surface area contributed by atoms with Crippen molar-refractivity contribution in [3.05, 3.63) is 29.3 Å². The van der Waals surface area contributed by atoms with E-state index in [1.54, 1.807) is 22.1 Å². The van der Waals surface area contributed by atoms with Gasteiger partial charge in [0.15, 0.2) is 15.5 Å². The first kappa shape index (κ1) is 17.2. The maximum atomic E-state index is 12.3. The average molecular weight is 367 g/mol. The molecular formula is C16H21N3O3S2. The van der Waals surface area contributed by atoms with Gasteiger partial charge < -0.3 is 5.32 Å². The van der Waals surface area contributed by atoms with Gasteiger partial charge in [0.1, 0.15) is 0 Å². The second-order valence-corrected chi connectivity index (χ2v) is 9.18. The molecule has 1 aliphatic heterocycles. The van der Waals surface area contributed by atoms with Crippen molar-refractivity contribution in [3.8, 4) is 10.6 Å². The molecule has 3 rings (SSSR count). The van der Waals surface area contributed by atoms with Gasteiger partial charge in [0.05, 0.1) is 28.1 Å². The summed E-state index contributed by atoms with van der Waals surface area (Å²) in [5.41, 5.74) is 1.16. The van der Waals surface area contributed by atoms with Gasteiger partial charge in [-0.15, -0.1) is 11.3 Å². The van der Waals surface area contributed by atoms with Gasteiger partial charge in [0, 0.05) is 6.54 Å². The quantitative estimate of drug-likeness (QED) is 0.796. The number of carbonyl (C=O) groups excluding carboxylic acids is 1. The molecule has 1 saturated heterocycles. The minimum atomic E-state index is -3.02. The van der Waals surface area contributed by atoms with E-state index in [1.165, 1.54) is 0 Å². The number of aromatic nitrogens is 2. The van der Waals surface area contributed by atoms with Crippen molar-refractivity contribution in [3.63, 3.8) is 0 Å². The molecule has 2 aromatic heterocycles. The van der Waals surface area contributed by atoms with Crippen LogP contribution in [0.25, 0.3) is 10.6 Å². The normalized spacial score (nSPS) is 19.5. The van der Waals surface area contributed by atoms with Crippen LogP contribution in [0.1, 0.15) is 42.7 Å². The molecule has 1 fully saturated rings. The zero-order chi connectivity index (χ0) is 17.2. The van der Waals surface area contributed by atoms with Crippen LogP contribution < -0.4 is 5.32 Å². The first-order valence-electron chi connectivity index (χ1n) is 8.12. The highest BCUT2D eigenvalue weighted by molar-refractivity contribution is 7.91. The summed E-state index contributed by atoms with van der Waals surface area (Å²) < 4.78 is 25.3. The van der Waals surface area contributed by atoms with Crippen LogP contribution in [-0.4, -0.2) is 42.2 Å². The van der Waals surface area contributed by atoms with E-state index in [9.17, 15) is 13.2 Å². The van der Waals surface area contributed by atoms with Crippen molar-refractivity contribution in [2.75, 3.05) is 18.1 Å². The van der Waals surface area contributed by atoms with Gasteiger partial charge in [0.25, 0.3) is 5.91 Å². The number of sulfone groups is 1. The molecule has 0 unspecified atom stereocenters. The van der Waals surface area contributed by atoms with E-state index in [1.807, 2.05) is 17.5 Å². The molecule has 1 atom stereocenters. The third-order valence-electron chi connectivity index (χ3n) is 4.11. The molecule has 1 N–H and O–H groups in total. The summed E-state index contributed by atoms with van der Waals surface area (Å²) in [4.78, 5) is 13.3. The Morgan fingerprint density at radius 3 is 2.96 bits per heavy atom. The molecule has 0 saturated carbocycles. The van der Waals surface area contributed by atoms with Gasteiger partial charge in [-0.25, -0.2) is 8.42 Å². The first-order chi connectivity index (χ1) is 11.5. The molecule has 130 valence electrons. The molecular weight excluding hydrogens is 346 g/mol. The Balaban J connectivity index is 1.90. The highest BCUT2D eigenvalue weighted by Gasteiger charge is 2.32. The minimum absolute atomic E-state index is 0.0873. The van der Waals surface area contributed by atoms with Crippen LogP contribution in [-0.2, 0) is 9.84 Å². The molecule has 1 amide bonds. The standard InChI is InChI=1S/C16H21N3O3S2/c1-2-3-7-17-16(20)13-10-14(15-5-4-8-23-15)19(18-13)12-6-9-24(21,22)11-12/h4-5,8,10,12H,2-3,6-7,9,11H2,1H3,(H,17,20)/t12-/m1/s1. The van der Waals surface area contributed by atoms with Crippen LogP contribution in [0.4, 0.5) is 0 Å². The molecule has 3 heterocycles. The van der Waals surface area contributed by atoms with Crippen LogP contribution in [0.2, 0.25) is 0 Å². The number of nitrogens with one attached hydrogen (secondary N) is 1. The van der Waals surface area contributed by atoms with Gasteiger partial charge in [-0.05, 0) is 30.4 Å². The van der Waals surface area contributed by atoms with Crippen LogP contribution in [0.3, 0.4) is 0 Å². The summed E-state index contributed by atoms with van der Waals surface area (Å²) in [6.07, 6.45) is 2.47. The molecule has 24 heavy (non-hydrogen) atoms. The molecule has 0 bridgehead atoms. The summed E-state index contributed by atoms with van der Waals surface area (Å²) in [6, 6.07) is 5.45. The molecule has 0 aromatic carbocycles. The molecule has 0 spiro atoms. The third kappa shape index (κ3) is 3.70. The zero-order valence-corrected chi connectivity index (χ0v) is 15.2. The highest BCUT2D eigenvalue weighted by Crippen LogP contribution is 2.32. The lowest BCUT2D eigenvalue weighted by Gasteiger charge is -2.12. The van der Waals surface area contributed by atoms with Crippen molar-refractivity contribution in [1.29, 1.82) is 0 Å². The monoisotopic (exact) mass is 367 g/mol. The van der Waals surface area contributed by atoms with Gasteiger partial charge in [0.2, 0.25) is 0 Å². The number of hydrogen-bond donors (Lipinski definition) is 1. The van der Waals surface area contributed by atoms with Gasteiger partial charge in [-0.3, -0.25) is 9.48 Å². The van der Waals surface area contributed by atoms with Gasteiger partial charge in [-0.1, -0.05) is 19.4 Å². The lowest BCUT2D eigenvalue weighted by molar-refractivity contribution is 0.0947. The van der Waals surface area contributed by atoms with E-state index in [4.69, 9.17) is 0 Å². The van der Waals surface area contributed by atoms with Gasteiger partial charge in [-0.2, -0.15) is 5.10 Å². The Bertz CT molecular complexity index is 810. The van der Waals surface area contributed by atoms with E-state index in [-0.39, 0.29) is 23.5 Å². The van der Waals surface area contributed by atoms with Crippen molar-refractivity contribution >= 4 is 27.1 Å². The maximum Gasteiger partial charge on any atom is 0.271 e. The summed E-state index contributed by atoms with van der Waals surface area (Å²) >= 11 is 1.55. The topological polar surface area (TPSA) is 81.1 Å². The Hall–Kier alpha value is -1.67.